The SMILES string of the molecule is CCOc1ccc(OCCNC(=O)N(Cc2ccccc2)C(C)C)cc1. The van der Waals surface area contributed by atoms with Crippen molar-refractivity contribution in [3.05, 3.63) is 60.2 Å². The fourth-order valence-electron chi connectivity index (χ4n) is 2.50. The predicted octanol–water partition coefficient (Wildman–Crippen LogP) is 4.08. The van der Waals surface area contributed by atoms with Crippen molar-refractivity contribution in [3.8, 4) is 11.5 Å². The second kappa shape index (κ2) is 10.3. The van der Waals surface area contributed by atoms with Crippen molar-refractivity contribution in [2.75, 3.05) is 19.8 Å². The van der Waals surface area contributed by atoms with Crippen LogP contribution in [0.25, 0.3) is 0 Å². The predicted molar refractivity (Wildman–Crippen MR) is 104 cm³/mol. The van der Waals surface area contributed by atoms with Crippen LogP contribution in [0, 0.1) is 0 Å². The minimum absolute atomic E-state index is 0.0841. The summed E-state index contributed by atoms with van der Waals surface area (Å²) < 4.78 is 11.1. The second-order valence-corrected chi connectivity index (χ2v) is 6.19. The highest BCUT2D eigenvalue weighted by Gasteiger charge is 2.16. The van der Waals surface area contributed by atoms with E-state index in [0.717, 1.165) is 17.1 Å². The lowest BCUT2D eigenvalue weighted by atomic mass is 10.2. The quantitative estimate of drug-likeness (QED) is 0.689. The molecule has 0 fully saturated rings. The van der Waals surface area contributed by atoms with Crippen LogP contribution in [0.4, 0.5) is 4.79 Å². The number of nitrogens with one attached hydrogen (secondary N) is 1. The van der Waals surface area contributed by atoms with Crippen molar-refractivity contribution in [3.63, 3.8) is 0 Å². The van der Waals surface area contributed by atoms with Crippen LogP contribution in [-0.4, -0.2) is 36.7 Å². The Kier molecular flexibility index (Phi) is 7.80. The first kappa shape index (κ1) is 19.6. The zero-order valence-electron chi connectivity index (χ0n) is 15.8. The molecule has 140 valence electrons. The van der Waals surface area contributed by atoms with E-state index in [2.05, 4.69) is 5.32 Å². The Hall–Kier alpha value is -2.69. The Morgan fingerprint density at radius 2 is 1.62 bits per heavy atom. The van der Waals surface area contributed by atoms with E-state index in [9.17, 15) is 4.79 Å². The molecular weight excluding hydrogens is 328 g/mol. The Bertz CT molecular complexity index is 657. The number of hydrogen-bond donors (Lipinski definition) is 1. The molecule has 2 aromatic rings. The molecule has 0 radical (unpaired) electrons. The van der Waals surface area contributed by atoms with Crippen LogP contribution in [0.2, 0.25) is 0 Å². The average Bonchev–Trinajstić information content (AvgIpc) is 2.65. The van der Waals surface area contributed by atoms with Gasteiger partial charge in [-0.05, 0) is 50.6 Å². The van der Waals surface area contributed by atoms with Gasteiger partial charge in [-0.15, -0.1) is 0 Å². The van der Waals surface area contributed by atoms with Gasteiger partial charge in [0.25, 0.3) is 0 Å². The molecule has 0 aromatic heterocycles. The second-order valence-electron chi connectivity index (χ2n) is 6.19. The Morgan fingerprint density at radius 3 is 2.19 bits per heavy atom. The maximum Gasteiger partial charge on any atom is 0.318 e. The first-order valence-corrected chi connectivity index (χ1v) is 9.04. The van der Waals surface area contributed by atoms with Gasteiger partial charge >= 0.3 is 6.03 Å². The Morgan fingerprint density at radius 1 is 1.00 bits per heavy atom. The van der Waals surface area contributed by atoms with Gasteiger partial charge < -0.3 is 19.7 Å². The average molecular weight is 356 g/mol. The van der Waals surface area contributed by atoms with E-state index < -0.39 is 0 Å². The standard InChI is InChI=1S/C21H28N2O3/c1-4-25-19-10-12-20(13-11-19)26-15-14-22-21(24)23(17(2)3)16-18-8-6-5-7-9-18/h5-13,17H,4,14-16H2,1-3H3,(H,22,24). The molecule has 26 heavy (non-hydrogen) atoms. The zero-order valence-corrected chi connectivity index (χ0v) is 15.8. The molecule has 0 bridgehead atoms. The van der Waals surface area contributed by atoms with Crippen LogP contribution in [0.3, 0.4) is 0 Å². The lowest BCUT2D eigenvalue weighted by Crippen LogP contribution is -2.44. The van der Waals surface area contributed by atoms with Crippen LogP contribution in [-0.2, 0) is 6.54 Å². The third-order valence-electron chi connectivity index (χ3n) is 3.86. The number of nitrogens with zero attached hydrogens (tertiary/aromatic N) is 1. The van der Waals surface area contributed by atoms with Crippen molar-refractivity contribution in [2.24, 2.45) is 0 Å². The molecule has 0 aliphatic rings. The number of amides is 2. The van der Waals surface area contributed by atoms with Gasteiger partial charge in [0.15, 0.2) is 0 Å². The van der Waals surface area contributed by atoms with Gasteiger partial charge in [0.1, 0.15) is 18.1 Å². The monoisotopic (exact) mass is 356 g/mol. The van der Waals surface area contributed by atoms with Crippen molar-refractivity contribution >= 4 is 6.03 Å². The molecule has 0 spiro atoms. The minimum Gasteiger partial charge on any atom is -0.494 e. The summed E-state index contributed by atoms with van der Waals surface area (Å²) in [5.74, 6) is 1.58. The summed E-state index contributed by atoms with van der Waals surface area (Å²) in [5.41, 5.74) is 1.11. The fraction of sp³-hybridized carbons (Fsp3) is 0.381. The first-order valence-electron chi connectivity index (χ1n) is 9.04. The topological polar surface area (TPSA) is 50.8 Å². The van der Waals surface area contributed by atoms with Crippen LogP contribution in [0.15, 0.2) is 54.6 Å². The van der Waals surface area contributed by atoms with Gasteiger partial charge in [-0.3, -0.25) is 0 Å². The van der Waals surface area contributed by atoms with E-state index in [1.165, 1.54) is 0 Å². The molecule has 5 nitrogen and oxygen atoms in total. The molecule has 0 saturated carbocycles. The van der Waals surface area contributed by atoms with E-state index in [-0.39, 0.29) is 12.1 Å². The van der Waals surface area contributed by atoms with E-state index >= 15 is 0 Å². The van der Waals surface area contributed by atoms with Gasteiger partial charge in [-0.25, -0.2) is 4.79 Å². The molecule has 0 atom stereocenters. The van der Waals surface area contributed by atoms with Gasteiger partial charge in [0.05, 0.1) is 13.2 Å². The summed E-state index contributed by atoms with van der Waals surface area (Å²) in [6.07, 6.45) is 0. The number of benzene rings is 2. The summed E-state index contributed by atoms with van der Waals surface area (Å²) in [7, 11) is 0. The van der Waals surface area contributed by atoms with Crippen LogP contribution in [0.5, 0.6) is 11.5 Å². The van der Waals surface area contributed by atoms with E-state index in [4.69, 9.17) is 9.47 Å². The molecule has 0 heterocycles. The third kappa shape index (κ3) is 6.31. The maximum absolute atomic E-state index is 12.5. The molecule has 2 rings (SSSR count). The lowest BCUT2D eigenvalue weighted by Gasteiger charge is -2.27. The Balaban J connectivity index is 1.77. The maximum atomic E-state index is 12.5. The van der Waals surface area contributed by atoms with E-state index in [1.54, 1.807) is 0 Å². The number of ether oxygens (including phenoxy) is 2. The van der Waals surface area contributed by atoms with E-state index in [1.807, 2.05) is 80.3 Å². The highest BCUT2D eigenvalue weighted by molar-refractivity contribution is 5.74. The minimum atomic E-state index is -0.0841. The van der Waals surface area contributed by atoms with Gasteiger partial charge in [-0.2, -0.15) is 0 Å². The molecule has 0 saturated heterocycles. The molecule has 0 unspecified atom stereocenters. The number of urea groups is 1. The Labute approximate surface area is 155 Å². The smallest absolute Gasteiger partial charge is 0.318 e. The highest BCUT2D eigenvalue weighted by Crippen LogP contribution is 2.17. The number of hydrogen-bond acceptors (Lipinski definition) is 3. The fourth-order valence-corrected chi connectivity index (χ4v) is 2.50. The van der Waals surface area contributed by atoms with Crippen molar-refractivity contribution in [2.45, 2.75) is 33.4 Å². The van der Waals surface area contributed by atoms with Gasteiger partial charge in [0.2, 0.25) is 0 Å². The lowest BCUT2D eigenvalue weighted by molar-refractivity contribution is 0.177. The molecular formula is C21H28N2O3. The van der Waals surface area contributed by atoms with Crippen molar-refractivity contribution in [1.82, 2.24) is 10.2 Å². The summed E-state index contributed by atoms with van der Waals surface area (Å²) in [6.45, 7) is 8.07. The largest absolute Gasteiger partial charge is 0.494 e. The summed E-state index contributed by atoms with van der Waals surface area (Å²) in [4.78, 5) is 14.3. The molecule has 0 aliphatic heterocycles. The number of rotatable bonds is 9. The zero-order chi connectivity index (χ0) is 18.8. The highest BCUT2D eigenvalue weighted by atomic mass is 16.5. The first-order chi connectivity index (χ1) is 12.6. The number of carbonyl (C=O) groups is 1. The third-order valence-corrected chi connectivity index (χ3v) is 3.86. The summed E-state index contributed by atoms with van der Waals surface area (Å²) in [5, 5.41) is 2.92. The number of carbonyl (C=O) groups excluding carboxylic acids is 1. The van der Waals surface area contributed by atoms with Gasteiger partial charge in [-0.1, -0.05) is 30.3 Å². The molecule has 2 amide bonds. The molecule has 1 N–H and O–H groups in total. The normalized spacial score (nSPS) is 10.5. The van der Waals surface area contributed by atoms with Crippen LogP contribution >= 0.6 is 0 Å². The van der Waals surface area contributed by atoms with E-state index in [0.29, 0.717) is 26.3 Å². The van der Waals surface area contributed by atoms with Crippen LogP contribution in [0.1, 0.15) is 26.3 Å². The molecule has 2 aromatic carbocycles. The molecule has 5 heteroatoms. The summed E-state index contributed by atoms with van der Waals surface area (Å²) in [6, 6.07) is 17.5. The molecule has 0 aliphatic carbocycles. The van der Waals surface area contributed by atoms with Crippen LogP contribution < -0.4 is 14.8 Å². The van der Waals surface area contributed by atoms with Gasteiger partial charge in [0, 0.05) is 12.6 Å². The summed E-state index contributed by atoms with van der Waals surface area (Å²) >= 11 is 0. The van der Waals surface area contributed by atoms with Crippen molar-refractivity contribution in [1.29, 1.82) is 0 Å². The van der Waals surface area contributed by atoms with Crippen molar-refractivity contribution < 1.29 is 14.3 Å².